The van der Waals surface area contributed by atoms with Crippen molar-refractivity contribution in [3.63, 3.8) is 0 Å². The molecule has 0 saturated carbocycles. The maximum absolute atomic E-state index is 11.8. The highest BCUT2D eigenvalue weighted by Crippen LogP contribution is 2.35. The van der Waals surface area contributed by atoms with Crippen molar-refractivity contribution in [1.29, 1.82) is 0 Å². The molecule has 0 bridgehead atoms. The van der Waals surface area contributed by atoms with Gasteiger partial charge in [0.1, 0.15) is 5.75 Å². The molecular formula is C13H8ClIO3. The molecule has 3 rings (SSSR count). The highest BCUT2D eigenvalue weighted by atomic mass is 127. The molecule has 5 heteroatoms. The zero-order valence-corrected chi connectivity index (χ0v) is 12.1. The Bertz CT molecular complexity index is 661. The first-order chi connectivity index (χ1) is 8.66. The Morgan fingerprint density at radius 2 is 1.94 bits per heavy atom. The minimum Gasteiger partial charge on any atom is -0.491 e. The van der Waals surface area contributed by atoms with Crippen LogP contribution in [0.3, 0.4) is 0 Å². The van der Waals surface area contributed by atoms with E-state index in [2.05, 4.69) is 22.6 Å². The van der Waals surface area contributed by atoms with Gasteiger partial charge in [0.05, 0.1) is 15.7 Å². The van der Waals surface area contributed by atoms with Gasteiger partial charge in [-0.1, -0.05) is 11.6 Å². The van der Waals surface area contributed by atoms with Gasteiger partial charge in [-0.15, -0.1) is 0 Å². The predicted molar refractivity (Wildman–Crippen MR) is 77.3 cm³/mol. The number of hydrogen-bond acceptors (Lipinski definition) is 3. The molecule has 0 fully saturated rings. The van der Waals surface area contributed by atoms with Crippen molar-refractivity contribution in [2.75, 3.05) is 6.61 Å². The molecule has 1 aliphatic heterocycles. The minimum absolute atomic E-state index is 0.312. The van der Waals surface area contributed by atoms with Crippen LogP contribution in [0.4, 0.5) is 0 Å². The summed E-state index contributed by atoms with van der Waals surface area (Å²) in [5.74, 6) is 1.20. The first kappa shape index (κ1) is 12.0. The van der Waals surface area contributed by atoms with Crippen LogP contribution in [0.25, 0.3) is 11.3 Å². The Hall–Kier alpha value is -1.01. The van der Waals surface area contributed by atoms with Crippen LogP contribution in [0.2, 0.25) is 5.02 Å². The molecule has 92 valence electrons. The van der Waals surface area contributed by atoms with E-state index in [4.69, 9.17) is 20.8 Å². The third kappa shape index (κ3) is 1.93. The summed E-state index contributed by atoms with van der Waals surface area (Å²) in [7, 11) is 0. The van der Waals surface area contributed by atoms with Crippen LogP contribution in [-0.2, 0) is 6.42 Å². The van der Waals surface area contributed by atoms with Crippen LogP contribution in [0.1, 0.15) is 5.56 Å². The average molecular weight is 375 g/mol. The van der Waals surface area contributed by atoms with Crippen LogP contribution >= 0.6 is 34.2 Å². The summed E-state index contributed by atoms with van der Waals surface area (Å²) in [5.41, 5.74) is 1.14. The molecule has 0 radical (unpaired) electrons. The number of ether oxygens (including phenoxy) is 1. The van der Waals surface area contributed by atoms with E-state index in [1.165, 1.54) is 0 Å². The van der Waals surface area contributed by atoms with Gasteiger partial charge in [0.15, 0.2) is 5.76 Å². The van der Waals surface area contributed by atoms with Crippen LogP contribution in [0.5, 0.6) is 5.75 Å². The summed E-state index contributed by atoms with van der Waals surface area (Å²) >= 11 is 7.99. The Labute approximate surface area is 122 Å². The van der Waals surface area contributed by atoms with E-state index < -0.39 is 0 Å². The van der Waals surface area contributed by atoms with Gasteiger partial charge in [0.25, 0.3) is 0 Å². The summed E-state index contributed by atoms with van der Waals surface area (Å²) in [6.07, 6.45) is 0.620. The number of benzene rings is 1. The van der Waals surface area contributed by atoms with Crippen molar-refractivity contribution >= 4 is 34.2 Å². The first-order valence-corrected chi connectivity index (χ1v) is 6.86. The molecule has 0 amide bonds. The Morgan fingerprint density at radius 3 is 2.67 bits per heavy atom. The van der Waals surface area contributed by atoms with Crippen LogP contribution in [0.15, 0.2) is 33.5 Å². The van der Waals surface area contributed by atoms with E-state index in [1.807, 2.05) is 12.1 Å². The molecule has 0 aliphatic carbocycles. The second-order valence-electron chi connectivity index (χ2n) is 3.95. The normalized spacial score (nSPS) is 13.2. The van der Waals surface area contributed by atoms with Gasteiger partial charge in [-0.2, -0.15) is 0 Å². The van der Waals surface area contributed by atoms with Gasteiger partial charge >= 0.3 is 5.63 Å². The Kier molecular flexibility index (Phi) is 3.07. The summed E-state index contributed by atoms with van der Waals surface area (Å²) < 4.78 is 11.7. The maximum atomic E-state index is 11.8. The smallest absolute Gasteiger partial charge is 0.343 e. The van der Waals surface area contributed by atoms with Crippen LogP contribution < -0.4 is 10.4 Å². The molecule has 0 spiro atoms. The minimum atomic E-state index is -0.312. The standard InChI is InChI=1S/C13H8ClIO3/c14-8-3-1-7(2-4-8)11-10(15)12-9(5-6-17-12)13(16)18-11/h1-4H,5-6H2. The van der Waals surface area contributed by atoms with E-state index in [-0.39, 0.29) is 5.63 Å². The molecule has 2 aromatic rings. The van der Waals surface area contributed by atoms with Gasteiger partial charge in [0.2, 0.25) is 0 Å². The Morgan fingerprint density at radius 1 is 1.22 bits per heavy atom. The second kappa shape index (κ2) is 4.59. The number of hydrogen-bond donors (Lipinski definition) is 0. The lowest BCUT2D eigenvalue weighted by Crippen LogP contribution is -2.06. The van der Waals surface area contributed by atoms with Gasteiger partial charge in [-0.05, 0) is 46.9 Å². The van der Waals surface area contributed by atoms with E-state index in [9.17, 15) is 4.79 Å². The molecule has 0 N–H and O–H groups in total. The molecule has 0 unspecified atom stereocenters. The molecule has 2 heterocycles. The molecule has 3 nitrogen and oxygen atoms in total. The molecule has 0 atom stereocenters. The van der Waals surface area contributed by atoms with Gasteiger partial charge in [-0.3, -0.25) is 0 Å². The number of halogens is 2. The van der Waals surface area contributed by atoms with E-state index >= 15 is 0 Å². The molecule has 0 saturated heterocycles. The number of rotatable bonds is 1. The summed E-state index contributed by atoms with van der Waals surface area (Å²) in [6.45, 7) is 0.542. The predicted octanol–water partition coefficient (Wildman–Crippen LogP) is 3.50. The monoisotopic (exact) mass is 374 g/mol. The quantitative estimate of drug-likeness (QED) is 0.717. The van der Waals surface area contributed by atoms with Crippen LogP contribution in [-0.4, -0.2) is 6.61 Å². The van der Waals surface area contributed by atoms with E-state index in [0.29, 0.717) is 35.1 Å². The number of fused-ring (bicyclic) bond motifs is 1. The molecule has 1 aromatic heterocycles. The van der Waals surface area contributed by atoms with Crippen molar-refractivity contribution in [2.45, 2.75) is 6.42 Å². The van der Waals surface area contributed by atoms with Crippen LogP contribution in [0, 0.1) is 3.57 Å². The Balaban J connectivity index is 2.22. The lowest BCUT2D eigenvalue weighted by Gasteiger charge is -2.07. The highest BCUT2D eigenvalue weighted by Gasteiger charge is 2.24. The second-order valence-corrected chi connectivity index (χ2v) is 5.46. The lowest BCUT2D eigenvalue weighted by atomic mass is 10.1. The average Bonchev–Trinajstić information content (AvgIpc) is 2.85. The third-order valence-electron chi connectivity index (χ3n) is 2.82. The largest absolute Gasteiger partial charge is 0.491 e. The van der Waals surface area contributed by atoms with Crippen molar-refractivity contribution in [3.05, 3.63) is 48.8 Å². The third-order valence-corrected chi connectivity index (χ3v) is 4.05. The zero-order chi connectivity index (χ0) is 12.7. The zero-order valence-electron chi connectivity index (χ0n) is 9.20. The van der Waals surface area contributed by atoms with E-state index in [1.54, 1.807) is 12.1 Å². The highest BCUT2D eigenvalue weighted by molar-refractivity contribution is 14.1. The first-order valence-electron chi connectivity index (χ1n) is 5.41. The van der Waals surface area contributed by atoms with Gasteiger partial charge in [-0.25, -0.2) is 4.79 Å². The maximum Gasteiger partial charge on any atom is 0.343 e. The summed E-state index contributed by atoms with van der Waals surface area (Å²) in [6, 6.07) is 7.18. The van der Waals surface area contributed by atoms with Crippen molar-refractivity contribution < 1.29 is 9.15 Å². The SMILES string of the molecule is O=c1oc(-c2ccc(Cl)cc2)c(I)c2c1CCO2. The molecular weight excluding hydrogens is 366 g/mol. The fraction of sp³-hybridized carbons (Fsp3) is 0.154. The van der Waals surface area contributed by atoms with Crippen molar-refractivity contribution in [2.24, 2.45) is 0 Å². The van der Waals surface area contributed by atoms with E-state index in [0.717, 1.165) is 9.13 Å². The van der Waals surface area contributed by atoms with Crippen molar-refractivity contribution in [1.82, 2.24) is 0 Å². The molecule has 18 heavy (non-hydrogen) atoms. The molecule has 1 aliphatic rings. The lowest BCUT2D eigenvalue weighted by molar-refractivity contribution is 0.353. The fourth-order valence-corrected chi connectivity index (χ4v) is 2.96. The fourth-order valence-electron chi connectivity index (χ4n) is 1.94. The topological polar surface area (TPSA) is 39.4 Å². The summed E-state index contributed by atoms with van der Waals surface area (Å²) in [4.78, 5) is 11.8. The van der Waals surface area contributed by atoms with Gasteiger partial charge < -0.3 is 9.15 Å². The molecule has 1 aromatic carbocycles. The van der Waals surface area contributed by atoms with Gasteiger partial charge in [0, 0.05) is 17.0 Å². The van der Waals surface area contributed by atoms with Crippen molar-refractivity contribution in [3.8, 4) is 17.1 Å². The summed E-state index contributed by atoms with van der Waals surface area (Å²) in [5, 5.41) is 0.647.